The Morgan fingerprint density at radius 2 is 1.75 bits per heavy atom. The molecule has 0 unspecified atom stereocenters. The van der Waals surface area contributed by atoms with Gasteiger partial charge >= 0.3 is 0 Å². The first-order valence-electron chi connectivity index (χ1n) is 7.00. The van der Waals surface area contributed by atoms with Crippen LogP contribution in [-0.2, 0) is 4.79 Å². The number of nitrogens with zero attached hydrogens (tertiary/aromatic N) is 1. The summed E-state index contributed by atoms with van der Waals surface area (Å²) in [6.45, 7) is 5.88. The number of anilines is 1. The van der Waals surface area contributed by atoms with Gasteiger partial charge in [-0.1, -0.05) is 0 Å². The Kier molecular flexibility index (Phi) is 6.56. The molecule has 20 heavy (non-hydrogen) atoms. The lowest BCUT2D eigenvalue weighted by Gasteiger charge is -2.18. The highest BCUT2D eigenvalue weighted by Gasteiger charge is 2.09. The van der Waals surface area contributed by atoms with Crippen molar-refractivity contribution in [2.75, 3.05) is 25.4 Å². The molecule has 1 aromatic carbocycles. The Balaban J connectivity index is 2.29. The van der Waals surface area contributed by atoms with Crippen molar-refractivity contribution in [3.05, 3.63) is 29.8 Å². The molecule has 0 aromatic heterocycles. The van der Waals surface area contributed by atoms with Crippen LogP contribution < -0.4 is 11.1 Å². The van der Waals surface area contributed by atoms with Crippen molar-refractivity contribution < 1.29 is 9.59 Å². The van der Waals surface area contributed by atoms with E-state index in [1.165, 1.54) is 0 Å². The Bertz CT molecular complexity index is 439. The van der Waals surface area contributed by atoms with Gasteiger partial charge in [0.15, 0.2) is 0 Å². The molecule has 0 aliphatic heterocycles. The maximum atomic E-state index is 11.8. The summed E-state index contributed by atoms with van der Waals surface area (Å²) in [6, 6.07) is 6.76. The molecule has 0 aliphatic rings. The average molecular weight is 277 g/mol. The lowest BCUT2D eigenvalue weighted by atomic mass is 10.2. The summed E-state index contributed by atoms with van der Waals surface area (Å²) < 4.78 is 0. The molecule has 2 amide bonds. The number of carbonyl (C=O) groups excluding carboxylic acids is 2. The summed E-state index contributed by atoms with van der Waals surface area (Å²) in [5.41, 5.74) is 6.77. The van der Waals surface area contributed by atoms with Gasteiger partial charge in [-0.05, 0) is 44.5 Å². The van der Waals surface area contributed by atoms with Crippen LogP contribution in [0, 0.1) is 0 Å². The van der Waals surface area contributed by atoms with E-state index in [1.54, 1.807) is 29.2 Å². The highest BCUT2D eigenvalue weighted by atomic mass is 16.2. The second kappa shape index (κ2) is 8.19. The number of benzene rings is 1. The van der Waals surface area contributed by atoms with E-state index in [-0.39, 0.29) is 11.8 Å². The Hall–Kier alpha value is -2.04. The lowest BCUT2D eigenvalue weighted by molar-refractivity contribution is -0.130. The van der Waals surface area contributed by atoms with Crippen molar-refractivity contribution in [3.63, 3.8) is 0 Å². The second-order valence-electron chi connectivity index (χ2n) is 4.55. The van der Waals surface area contributed by atoms with E-state index in [9.17, 15) is 9.59 Å². The summed E-state index contributed by atoms with van der Waals surface area (Å²) in [5.74, 6) is -0.00276. The largest absolute Gasteiger partial charge is 0.399 e. The number of amides is 2. The van der Waals surface area contributed by atoms with Gasteiger partial charge in [0.1, 0.15) is 0 Å². The van der Waals surface area contributed by atoms with Gasteiger partial charge in [-0.3, -0.25) is 9.59 Å². The van der Waals surface area contributed by atoms with Crippen molar-refractivity contribution >= 4 is 17.5 Å². The van der Waals surface area contributed by atoms with Crippen LogP contribution in [0.5, 0.6) is 0 Å². The molecule has 0 saturated carbocycles. The fraction of sp³-hybridized carbons (Fsp3) is 0.467. The van der Waals surface area contributed by atoms with Crippen LogP contribution >= 0.6 is 0 Å². The van der Waals surface area contributed by atoms with Crippen molar-refractivity contribution in [1.82, 2.24) is 10.2 Å². The van der Waals surface area contributed by atoms with Gasteiger partial charge in [0.25, 0.3) is 5.91 Å². The second-order valence-corrected chi connectivity index (χ2v) is 4.55. The number of hydrogen-bond donors (Lipinski definition) is 2. The number of nitrogens with two attached hydrogens (primary N) is 1. The number of nitrogen functional groups attached to an aromatic ring is 1. The zero-order valence-electron chi connectivity index (χ0n) is 12.2. The number of rotatable bonds is 7. The molecule has 0 bridgehead atoms. The normalized spacial score (nSPS) is 10.1. The van der Waals surface area contributed by atoms with Gasteiger partial charge < -0.3 is 16.0 Å². The molecule has 0 radical (unpaired) electrons. The maximum absolute atomic E-state index is 11.8. The highest BCUT2D eigenvalue weighted by Crippen LogP contribution is 2.05. The van der Waals surface area contributed by atoms with Crippen LogP contribution in [0.1, 0.15) is 37.0 Å². The standard InChI is InChI=1S/C15H23N3O2/c1-3-18(4-2)14(19)6-5-11-17-15(20)12-7-9-13(16)10-8-12/h7-10H,3-6,11,16H2,1-2H3,(H,17,20). The monoisotopic (exact) mass is 277 g/mol. The highest BCUT2D eigenvalue weighted by molar-refractivity contribution is 5.94. The van der Waals surface area contributed by atoms with E-state index >= 15 is 0 Å². The lowest BCUT2D eigenvalue weighted by Crippen LogP contribution is -2.31. The molecule has 110 valence electrons. The van der Waals surface area contributed by atoms with E-state index in [1.807, 2.05) is 13.8 Å². The van der Waals surface area contributed by atoms with Gasteiger partial charge in [0.05, 0.1) is 0 Å². The predicted octanol–water partition coefficient (Wildman–Crippen LogP) is 1.65. The SMILES string of the molecule is CCN(CC)C(=O)CCCNC(=O)c1ccc(N)cc1. The van der Waals surface area contributed by atoms with Crippen LogP contribution in [0.4, 0.5) is 5.69 Å². The van der Waals surface area contributed by atoms with Crippen molar-refractivity contribution in [3.8, 4) is 0 Å². The molecule has 0 spiro atoms. The Morgan fingerprint density at radius 1 is 1.15 bits per heavy atom. The fourth-order valence-electron chi connectivity index (χ4n) is 1.91. The smallest absolute Gasteiger partial charge is 0.251 e. The molecule has 0 aliphatic carbocycles. The molecule has 0 atom stereocenters. The van der Waals surface area contributed by atoms with Crippen molar-refractivity contribution in [2.45, 2.75) is 26.7 Å². The topological polar surface area (TPSA) is 75.4 Å². The predicted molar refractivity (Wildman–Crippen MR) is 80.3 cm³/mol. The Labute approximate surface area is 120 Å². The van der Waals surface area contributed by atoms with Crippen LogP contribution in [0.3, 0.4) is 0 Å². The van der Waals surface area contributed by atoms with E-state index in [4.69, 9.17) is 5.73 Å². The molecule has 5 nitrogen and oxygen atoms in total. The summed E-state index contributed by atoms with van der Waals surface area (Å²) >= 11 is 0. The first kappa shape index (κ1) is 16.0. The number of carbonyl (C=O) groups is 2. The van der Waals surface area contributed by atoms with Gasteiger partial charge in [-0.2, -0.15) is 0 Å². The first-order chi connectivity index (χ1) is 9.58. The molecule has 5 heteroatoms. The third kappa shape index (κ3) is 4.91. The summed E-state index contributed by atoms with van der Waals surface area (Å²) in [5, 5.41) is 2.80. The van der Waals surface area contributed by atoms with Crippen LogP contribution in [0.15, 0.2) is 24.3 Å². The number of nitrogens with one attached hydrogen (secondary N) is 1. The summed E-state index contributed by atoms with van der Waals surface area (Å²) in [6.07, 6.45) is 1.11. The zero-order chi connectivity index (χ0) is 15.0. The third-order valence-corrected chi connectivity index (χ3v) is 3.14. The molecular formula is C15H23N3O2. The first-order valence-corrected chi connectivity index (χ1v) is 7.00. The Morgan fingerprint density at radius 3 is 2.30 bits per heavy atom. The maximum Gasteiger partial charge on any atom is 0.251 e. The molecule has 1 rings (SSSR count). The molecule has 0 heterocycles. The average Bonchev–Trinajstić information content (AvgIpc) is 2.45. The summed E-state index contributed by atoms with van der Waals surface area (Å²) in [7, 11) is 0. The zero-order valence-corrected chi connectivity index (χ0v) is 12.2. The fourth-order valence-corrected chi connectivity index (χ4v) is 1.91. The van der Waals surface area contributed by atoms with Crippen molar-refractivity contribution in [2.24, 2.45) is 0 Å². The minimum Gasteiger partial charge on any atom is -0.399 e. The molecule has 3 N–H and O–H groups in total. The molecule has 0 fully saturated rings. The minimum absolute atomic E-state index is 0.136. The minimum atomic E-state index is -0.139. The van der Waals surface area contributed by atoms with E-state index in [0.29, 0.717) is 30.6 Å². The van der Waals surface area contributed by atoms with Crippen LogP contribution in [0.25, 0.3) is 0 Å². The van der Waals surface area contributed by atoms with E-state index < -0.39 is 0 Å². The molecule has 0 saturated heterocycles. The van der Waals surface area contributed by atoms with Gasteiger partial charge in [0.2, 0.25) is 5.91 Å². The van der Waals surface area contributed by atoms with Crippen LogP contribution in [0.2, 0.25) is 0 Å². The van der Waals surface area contributed by atoms with Gasteiger partial charge in [-0.25, -0.2) is 0 Å². The molecule has 1 aromatic rings. The van der Waals surface area contributed by atoms with Gasteiger partial charge in [0, 0.05) is 37.3 Å². The van der Waals surface area contributed by atoms with E-state index in [0.717, 1.165) is 13.1 Å². The summed E-state index contributed by atoms with van der Waals surface area (Å²) in [4.78, 5) is 25.3. The molecular weight excluding hydrogens is 254 g/mol. The third-order valence-electron chi connectivity index (χ3n) is 3.14. The van der Waals surface area contributed by atoms with Crippen molar-refractivity contribution in [1.29, 1.82) is 0 Å². The van der Waals surface area contributed by atoms with E-state index in [2.05, 4.69) is 5.32 Å². The quantitative estimate of drug-likeness (QED) is 0.588. The van der Waals surface area contributed by atoms with Crippen LogP contribution in [-0.4, -0.2) is 36.3 Å². The number of hydrogen-bond acceptors (Lipinski definition) is 3. The van der Waals surface area contributed by atoms with Gasteiger partial charge in [-0.15, -0.1) is 0 Å².